The summed E-state index contributed by atoms with van der Waals surface area (Å²) in [6, 6.07) is 11.7. The average Bonchev–Trinajstić information content (AvgIpc) is 2.82. The number of anilines is 1. The molecule has 0 saturated carbocycles. The first-order chi connectivity index (χ1) is 7.84. The predicted octanol–water partition coefficient (Wildman–Crippen LogP) is 2.94. The van der Waals surface area contributed by atoms with E-state index < -0.39 is 0 Å². The van der Waals surface area contributed by atoms with Gasteiger partial charge in [-0.3, -0.25) is 0 Å². The molecule has 0 aliphatic carbocycles. The predicted molar refractivity (Wildman–Crippen MR) is 67.3 cm³/mol. The van der Waals surface area contributed by atoms with Gasteiger partial charge >= 0.3 is 0 Å². The molecule has 0 aliphatic rings. The number of benzene rings is 1. The minimum absolute atomic E-state index is 0.536. The molecule has 0 amide bonds. The number of hydrogen-bond donors (Lipinski definition) is 1. The summed E-state index contributed by atoms with van der Waals surface area (Å²) in [7, 11) is 0. The lowest BCUT2D eigenvalue weighted by Gasteiger charge is -2.03. The molecule has 16 heavy (non-hydrogen) atoms. The number of fused-ring (bicyclic) bond motifs is 1. The SMILES string of the molecule is N[14c]1nc(-c2cccs2)nc2ccccc21. The van der Waals surface area contributed by atoms with Crippen molar-refractivity contribution >= 4 is 28.1 Å². The second-order valence-electron chi connectivity index (χ2n) is 3.43. The van der Waals surface area contributed by atoms with Crippen molar-refractivity contribution in [1.29, 1.82) is 0 Å². The van der Waals surface area contributed by atoms with Crippen LogP contribution in [-0.2, 0) is 0 Å². The van der Waals surface area contributed by atoms with Crippen molar-refractivity contribution in [2.24, 2.45) is 0 Å². The van der Waals surface area contributed by atoms with Gasteiger partial charge in [-0.05, 0) is 23.6 Å². The molecular formula is C12H9N3S. The van der Waals surface area contributed by atoms with Gasteiger partial charge < -0.3 is 5.73 Å². The van der Waals surface area contributed by atoms with Crippen LogP contribution in [0.3, 0.4) is 0 Å². The maximum atomic E-state index is 5.92. The Hall–Kier alpha value is -1.94. The minimum Gasteiger partial charge on any atom is -0.383 e. The van der Waals surface area contributed by atoms with Gasteiger partial charge in [-0.25, -0.2) is 9.97 Å². The molecule has 3 nitrogen and oxygen atoms in total. The van der Waals surface area contributed by atoms with Gasteiger partial charge in [0, 0.05) is 5.39 Å². The summed E-state index contributed by atoms with van der Waals surface area (Å²) >= 11 is 1.61. The second-order valence-corrected chi connectivity index (χ2v) is 4.37. The van der Waals surface area contributed by atoms with E-state index in [1.807, 2.05) is 41.8 Å². The summed E-state index contributed by atoms with van der Waals surface area (Å²) in [6.45, 7) is 0. The Morgan fingerprint density at radius 2 is 2.00 bits per heavy atom. The van der Waals surface area contributed by atoms with Gasteiger partial charge in [0.25, 0.3) is 0 Å². The van der Waals surface area contributed by atoms with Crippen LogP contribution in [0.2, 0.25) is 0 Å². The van der Waals surface area contributed by atoms with E-state index in [1.54, 1.807) is 11.3 Å². The van der Waals surface area contributed by atoms with Crippen LogP contribution in [0.25, 0.3) is 21.6 Å². The number of nitrogen functional groups attached to an aromatic ring is 1. The van der Waals surface area contributed by atoms with Gasteiger partial charge in [0.1, 0.15) is 5.82 Å². The number of para-hydroxylation sites is 1. The lowest BCUT2D eigenvalue weighted by atomic mass is 10.3. The molecule has 0 spiro atoms. The highest BCUT2D eigenvalue weighted by Crippen LogP contribution is 2.25. The van der Waals surface area contributed by atoms with Crippen molar-refractivity contribution in [3.63, 3.8) is 0 Å². The molecule has 1 aromatic carbocycles. The number of nitrogens with zero attached hydrogens (tertiary/aromatic N) is 2. The molecule has 78 valence electrons. The molecule has 0 aliphatic heterocycles. The fourth-order valence-corrected chi connectivity index (χ4v) is 2.27. The monoisotopic (exact) mass is 229 g/mol. The Labute approximate surface area is 96.6 Å². The largest absolute Gasteiger partial charge is 0.383 e. The van der Waals surface area contributed by atoms with E-state index in [1.165, 1.54) is 0 Å². The van der Waals surface area contributed by atoms with Gasteiger partial charge in [0.05, 0.1) is 10.4 Å². The van der Waals surface area contributed by atoms with Crippen LogP contribution in [0, 0.1) is 0 Å². The van der Waals surface area contributed by atoms with Gasteiger partial charge in [-0.1, -0.05) is 18.2 Å². The van der Waals surface area contributed by atoms with E-state index in [2.05, 4.69) is 9.97 Å². The molecule has 0 atom stereocenters. The van der Waals surface area contributed by atoms with E-state index >= 15 is 0 Å². The van der Waals surface area contributed by atoms with Crippen molar-refractivity contribution in [1.82, 2.24) is 9.97 Å². The number of thiophene rings is 1. The third-order valence-electron chi connectivity index (χ3n) is 2.37. The summed E-state index contributed by atoms with van der Waals surface area (Å²) < 4.78 is 0. The van der Waals surface area contributed by atoms with E-state index in [9.17, 15) is 0 Å². The summed E-state index contributed by atoms with van der Waals surface area (Å²) in [4.78, 5) is 9.86. The van der Waals surface area contributed by atoms with Crippen molar-refractivity contribution in [3.8, 4) is 10.7 Å². The second kappa shape index (κ2) is 3.57. The van der Waals surface area contributed by atoms with Gasteiger partial charge in [0.2, 0.25) is 0 Å². The smallest absolute Gasteiger partial charge is 0.172 e. The summed E-state index contributed by atoms with van der Waals surface area (Å²) in [6.07, 6.45) is 0. The van der Waals surface area contributed by atoms with E-state index in [-0.39, 0.29) is 0 Å². The third kappa shape index (κ3) is 1.44. The molecule has 0 radical (unpaired) electrons. The number of rotatable bonds is 1. The highest BCUT2D eigenvalue weighted by molar-refractivity contribution is 7.13. The highest BCUT2D eigenvalue weighted by Gasteiger charge is 2.06. The first-order valence-electron chi connectivity index (χ1n) is 4.91. The lowest BCUT2D eigenvalue weighted by Crippen LogP contribution is -1.96. The Morgan fingerprint density at radius 1 is 1.12 bits per heavy atom. The van der Waals surface area contributed by atoms with E-state index in [4.69, 9.17) is 5.73 Å². The zero-order chi connectivity index (χ0) is 11.0. The number of nitrogens with two attached hydrogens (primary N) is 1. The molecule has 3 rings (SSSR count). The van der Waals surface area contributed by atoms with E-state index in [0.29, 0.717) is 11.6 Å². The number of hydrogen-bond acceptors (Lipinski definition) is 4. The molecule has 2 heterocycles. The fourth-order valence-electron chi connectivity index (χ4n) is 1.62. The maximum absolute atomic E-state index is 5.92. The summed E-state index contributed by atoms with van der Waals surface area (Å²) in [5, 5.41) is 2.91. The fraction of sp³-hybridized carbons (Fsp3) is 0. The van der Waals surface area contributed by atoms with E-state index in [0.717, 1.165) is 15.8 Å². The van der Waals surface area contributed by atoms with Gasteiger partial charge in [0.15, 0.2) is 5.82 Å². The average molecular weight is 229 g/mol. The quantitative estimate of drug-likeness (QED) is 0.698. The Morgan fingerprint density at radius 3 is 2.81 bits per heavy atom. The van der Waals surface area contributed by atoms with Crippen LogP contribution >= 0.6 is 11.3 Å². The van der Waals surface area contributed by atoms with Crippen LogP contribution < -0.4 is 5.73 Å². The molecule has 0 bridgehead atoms. The first kappa shape index (κ1) is 9.30. The zero-order valence-electron chi connectivity index (χ0n) is 8.42. The topological polar surface area (TPSA) is 51.8 Å². The first-order valence-corrected chi connectivity index (χ1v) is 5.79. The molecule has 4 heteroatoms. The maximum Gasteiger partial charge on any atom is 0.172 e. The lowest BCUT2D eigenvalue weighted by molar-refractivity contribution is 1.25. The molecule has 0 saturated heterocycles. The van der Waals surface area contributed by atoms with Crippen LogP contribution in [0.15, 0.2) is 41.8 Å². The highest BCUT2D eigenvalue weighted by atomic mass is 32.1. The third-order valence-corrected chi connectivity index (χ3v) is 3.24. The molecule has 0 unspecified atom stereocenters. The van der Waals surface area contributed by atoms with Crippen molar-refractivity contribution in [3.05, 3.63) is 41.8 Å². The van der Waals surface area contributed by atoms with Crippen molar-refractivity contribution in [2.75, 3.05) is 5.73 Å². The van der Waals surface area contributed by atoms with Crippen molar-refractivity contribution in [2.45, 2.75) is 0 Å². The summed E-state index contributed by atoms with van der Waals surface area (Å²) in [5.41, 5.74) is 6.80. The van der Waals surface area contributed by atoms with Crippen molar-refractivity contribution < 1.29 is 0 Å². The van der Waals surface area contributed by atoms with Crippen LogP contribution in [0.4, 0.5) is 5.82 Å². The standard InChI is InChI=1S/C12H9N3S/c13-11-8-4-1-2-5-9(8)14-12(15-11)10-6-3-7-16-10/h1-7H,(H2,13,14,15)/i11+2. The summed E-state index contributed by atoms with van der Waals surface area (Å²) in [5.74, 6) is 1.24. The molecule has 2 aromatic heterocycles. The van der Waals surface area contributed by atoms with Crippen LogP contribution in [-0.4, -0.2) is 9.97 Å². The Kier molecular flexibility index (Phi) is 2.08. The Balaban J connectivity index is 2.29. The molecular weight excluding hydrogens is 220 g/mol. The molecule has 2 N–H and O–H groups in total. The zero-order valence-corrected chi connectivity index (χ0v) is 9.24. The normalized spacial score (nSPS) is 10.8. The van der Waals surface area contributed by atoms with Crippen LogP contribution in [0.1, 0.15) is 0 Å². The van der Waals surface area contributed by atoms with Gasteiger partial charge in [-0.2, -0.15) is 0 Å². The number of aromatic nitrogens is 2. The molecule has 0 fully saturated rings. The van der Waals surface area contributed by atoms with Crippen LogP contribution in [0.5, 0.6) is 0 Å². The van der Waals surface area contributed by atoms with Gasteiger partial charge in [-0.15, -0.1) is 11.3 Å². The molecule has 3 aromatic rings. The Bertz CT molecular complexity index is 632. The minimum atomic E-state index is 0.536.